The van der Waals surface area contributed by atoms with Crippen LogP contribution >= 0.6 is 11.6 Å². The molecule has 0 radical (unpaired) electrons. The Morgan fingerprint density at radius 1 is 0.926 bits per heavy atom. The molecule has 0 heterocycles. The summed E-state index contributed by atoms with van der Waals surface area (Å²) in [7, 11) is 0. The predicted octanol–water partition coefficient (Wildman–Crippen LogP) is 2.20. The van der Waals surface area contributed by atoms with Gasteiger partial charge in [-0.2, -0.15) is 0 Å². The number of halogens is 1. The average molecular weight is 389 g/mol. The standard InChI is InChI=1S/C20H21ClN2O4/c1-13(24)22-17(11-14-7-3-2-4-8-14)19(25)23-18(20(26)27)12-15-9-5-6-10-16(15)21/h2-10,17-18H,11-12H2,1H3,(H,22,24)(H,23,25)(H,26,27)/t17-,18-/m0/s1. The van der Waals surface area contributed by atoms with E-state index in [1.165, 1.54) is 6.92 Å². The number of carbonyl (C=O) groups excluding carboxylic acids is 2. The van der Waals surface area contributed by atoms with Crippen molar-refractivity contribution < 1.29 is 19.5 Å². The summed E-state index contributed by atoms with van der Waals surface area (Å²) in [6.45, 7) is 1.31. The van der Waals surface area contributed by atoms with E-state index in [-0.39, 0.29) is 18.7 Å². The van der Waals surface area contributed by atoms with Crippen molar-refractivity contribution in [1.82, 2.24) is 10.6 Å². The number of carbonyl (C=O) groups is 3. The molecule has 0 bridgehead atoms. The molecule has 0 unspecified atom stereocenters. The lowest BCUT2D eigenvalue weighted by Gasteiger charge is -2.21. The Labute approximate surface area is 162 Å². The van der Waals surface area contributed by atoms with Crippen LogP contribution in [0.2, 0.25) is 5.02 Å². The molecular weight excluding hydrogens is 368 g/mol. The maximum Gasteiger partial charge on any atom is 0.326 e. The molecule has 142 valence electrons. The Kier molecular flexibility index (Phi) is 7.37. The highest BCUT2D eigenvalue weighted by atomic mass is 35.5. The molecule has 0 saturated carbocycles. The first kappa shape index (κ1) is 20.5. The molecule has 0 aliphatic heterocycles. The summed E-state index contributed by atoms with van der Waals surface area (Å²) in [5, 5.41) is 15.0. The number of aliphatic carboxylic acids is 1. The van der Waals surface area contributed by atoms with Crippen LogP contribution in [0.15, 0.2) is 54.6 Å². The van der Waals surface area contributed by atoms with Gasteiger partial charge in [-0.15, -0.1) is 0 Å². The molecule has 2 aromatic rings. The monoisotopic (exact) mass is 388 g/mol. The van der Waals surface area contributed by atoms with Crippen LogP contribution in [-0.4, -0.2) is 35.0 Å². The van der Waals surface area contributed by atoms with Crippen LogP contribution in [0.1, 0.15) is 18.1 Å². The van der Waals surface area contributed by atoms with Gasteiger partial charge in [0.2, 0.25) is 11.8 Å². The topological polar surface area (TPSA) is 95.5 Å². The second-order valence-corrected chi connectivity index (χ2v) is 6.54. The number of hydrogen-bond donors (Lipinski definition) is 3. The molecule has 0 aromatic heterocycles. The van der Waals surface area contributed by atoms with E-state index in [1.54, 1.807) is 24.3 Å². The minimum atomic E-state index is -1.18. The van der Waals surface area contributed by atoms with Crippen LogP contribution in [0.3, 0.4) is 0 Å². The predicted molar refractivity (Wildman–Crippen MR) is 102 cm³/mol. The van der Waals surface area contributed by atoms with Crippen molar-refractivity contribution in [3.05, 3.63) is 70.7 Å². The summed E-state index contributed by atoms with van der Waals surface area (Å²) in [5.74, 6) is -2.11. The fraction of sp³-hybridized carbons (Fsp3) is 0.250. The van der Waals surface area contributed by atoms with E-state index in [9.17, 15) is 19.5 Å². The molecule has 0 aliphatic carbocycles. The van der Waals surface area contributed by atoms with Crippen molar-refractivity contribution in [3.63, 3.8) is 0 Å². The molecule has 0 saturated heterocycles. The smallest absolute Gasteiger partial charge is 0.326 e. The van der Waals surface area contributed by atoms with Crippen LogP contribution in [0.25, 0.3) is 0 Å². The van der Waals surface area contributed by atoms with Gasteiger partial charge < -0.3 is 15.7 Å². The summed E-state index contributed by atoms with van der Waals surface area (Å²) in [4.78, 5) is 35.7. The summed E-state index contributed by atoms with van der Waals surface area (Å²) < 4.78 is 0. The number of amides is 2. The third kappa shape index (κ3) is 6.42. The van der Waals surface area contributed by atoms with Crippen LogP contribution < -0.4 is 10.6 Å². The van der Waals surface area contributed by atoms with Gasteiger partial charge in [0.25, 0.3) is 0 Å². The molecule has 2 amide bonds. The van der Waals surface area contributed by atoms with E-state index in [1.807, 2.05) is 30.3 Å². The highest BCUT2D eigenvalue weighted by molar-refractivity contribution is 6.31. The normalized spacial score (nSPS) is 12.7. The van der Waals surface area contributed by atoms with Gasteiger partial charge in [-0.05, 0) is 17.2 Å². The summed E-state index contributed by atoms with van der Waals surface area (Å²) >= 11 is 6.09. The number of benzene rings is 2. The van der Waals surface area contributed by atoms with Crippen molar-refractivity contribution in [2.24, 2.45) is 0 Å². The highest BCUT2D eigenvalue weighted by Crippen LogP contribution is 2.17. The van der Waals surface area contributed by atoms with E-state index in [0.29, 0.717) is 10.6 Å². The molecule has 0 spiro atoms. The van der Waals surface area contributed by atoms with Crippen molar-refractivity contribution in [2.45, 2.75) is 31.8 Å². The molecule has 2 atom stereocenters. The SMILES string of the molecule is CC(=O)N[C@@H](Cc1ccccc1)C(=O)N[C@@H](Cc1ccccc1Cl)C(=O)O. The van der Waals surface area contributed by atoms with Gasteiger partial charge in [0.15, 0.2) is 0 Å². The van der Waals surface area contributed by atoms with E-state index in [0.717, 1.165) is 5.56 Å². The molecule has 6 nitrogen and oxygen atoms in total. The van der Waals surface area contributed by atoms with E-state index in [4.69, 9.17) is 11.6 Å². The largest absolute Gasteiger partial charge is 0.480 e. The lowest BCUT2D eigenvalue weighted by atomic mass is 10.0. The zero-order chi connectivity index (χ0) is 19.8. The first-order chi connectivity index (χ1) is 12.9. The molecule has 2 aromatic carbocycles. The zero-order valence-corrected chi connectivity index (χ0v) is 15.6. The maximum atomic E-state index is 12.7. The zero-order valence-electron chi connectivity index (χ0n) is 14.8. The van der Waals surface area contributed by atoms with Gasteiger partial charge in [0, 0.05) is 24.8 Å². The third-order valence-corrected chi connectivity index (χ3v) is 4.34. The Bertz CT molecular complexity index is 811. The highest BCUT2D eigenvalue weighted by Gasteiger charge is 2.26. The Balaban J connectivity index is 2.13. The number of rotatable bonds is 8. The van der Waals surface area contributed by atoms with Gasteiger partial charge in [0.1, 0.15) is 12.1 Å². The second kappa shape index (κ2) is 9.73. The first-order valence-corrected chi connectivity index (χ1v) is 8.82. The van der Waals surface area contributed by atoms with Crippen molar-refractivity contribution in [3.8, 4) is 0 Å². The summed E-state index contributed by atoms with van der Waals surface area (Å²) in [6, 6.07) is 14.0. The molecule has 7 heteroatoms. The molecular formula is C20H21ClN2O4. The average Bonchev–Trinajstić information content (AvgIpc) is 2.62. The van der Waals surface area contributed by atoms with E-state index in [2.05, 4.69) is 10.6 Å². The number of carboxylic acids is 1. The first-order valence-electron chi connectivity index (χ1n) is 8.44. The molecule has 0 aliphatic rings. The van der Waals surface area contributed by atoms with Crippen molar-refractivity contribution in [2.75, 3.05) is 0 Å². The molecule has 27 heavy (non-hydrogen) atoms. The van der Waals surface area contributed by atoms with Gasteiger partial charge in [-0.3, -0.25) is 9.59 Å². The maximum absolute atomic E-state index is 12.7. The molecule has 0 fully saturated rings. The van der Waals surface area contributed by atoms with Gasteiger partial charge in [0.05, 0.1) is 0 Å². The molecule has 2 rings (SSSR count). The Morgan fingerprint density at radius 2 is 1.56 bits per heavy atom. The van der Waals surface area contributed by atoms with Crippen LogP contribution in [0.5, 0.6) is 0 Å². The summed E-state index contributed by atoms with van der Waals surface area (Å²) in [5.41, 5.74) is 1.47. The van der Waals surface area contributed by atoms with Crippen LogP contribution in [0, 0.1) is 0 Å². The van der Waals surface area contributed by atoms with Crippen molar-refractivity contribution in [1.29, 1.82) is 0 Å². The Hall–Kier alpha value is -2.86. The van der Waals surface area contributed by atoms with Crippen LogP contribution in [0.4, 0.5) is 0 Å². The Morgan fingerprint density at radius 3 is 2.15 bits per heavy atom. The second-order valence-electron chi connectivity index (χ2n) is 6.14. The van der Waals surface area contributed by atoms with Gasteiger partial charge in [-0.25, -0.2) is 4.79 Å². The third-order valence-electron chi connectivity index (χ3n) is 3.97. The number of nitrogens with one attached hydrogen (secondary N) is 2. The van der Waals surface area contributed by atoms with Gasteiger partial charge >= 0.3 is 5.97 Å². The number of hydrogen-bond acceptors (Lipinski definition) is 3. The fourth-order valence-corrected chi connectivity index (χ4v) is 2.87. The minimum absolute atomic E-state index is 0.0406. The van der Waals surface area contributed by atoms with Crippen LogP contribution in [-0.2, 0) is 27.2 Å². The van der Waals surface area contributed by atoms with E-state index < -0.39 is 24.0 Å². The van der Waals surface area contributed by atoms with E-state index >= 15 is 0 Å². The lowest BCUT2D eigenvalue weighted by Crippen LogP contribution is -2.52. The molecule has 3 N–H and O–H groups in total. The minimum Gasteiger partial charge on any atom is -0.480 e. The quantitative estimate of drug-likeness (QED) is 0.646. The van der Waals surface area contributed by atoms with Crippen molar-refractivity contribution >= 4 is 29.4 Å². The fourth-order valence-electron chi connectivity index (χ4n) is 2.66. The van der Waals surface area contributed by atoms with Gasteiger partial charge in [-0.1, -0.05) is 60.1 Å². The summed E-state index contributed by atoms with van der Waals surface area (Å²) in [6.07, 6.45) is 0.295. The number of carboxylic acid groups (broad SMARTS) is 1. The lowest BCUT2D eigenvalue weighted by molar-refractivity contribution is -0.142.